The van der Waals surface area contributed by atoms with Crippen LogP contribution in [0.2, 0.25) is 5.02 Å². The first kappa shape index (κ1) is 14.8. The second kappa shape index (κ2) is 7.25. The molecule has 1 aromatic carbocycles. The first-order chi connectivity index (χ1) is 9.20. The number of unbranched alkanes of at least 4 members (excludes halogenated alkanes) is 1. The summed E-state index contributed by atoms with van der Waals surface area (Å²) in [6.07, 6.45) is 7.60. The topological polar surface area (TPSA) is 9.23 Å². The van der Waals surface area contributed by atoms with Gasteiger partial charge in [-0.15, -0.1) is 0 Å². The third kappa shape index (κ3) is 4.19. The van der Waals surface area contributed by atoms with Gasteiger partial charge in [0.25, 0.3) is 0 Å². The molecule has 0 radical (unpaired) electrons. The molecule has 0 heterocycles. The standard InChI is InChI=1S/C16H22ClFO/c1-2-3-5-12-8-9-13(10-12)19-11-14-15(17)6-4-7-16(14)18/h4,6-7,12-13H,2-3,5,8-11H2,1H3/t12-,13-/m1/s1. The highest BCUT2D eigenvalue weighted by Crippen LogP contribution is 2.32. The van der Waals surface area contributed by atoms with E-state index in [2.05, 4.69) is 6.92 Å². The van der Waals surface area contributed by atoms with Crippen molar-refractivity contribution < 1.29 is 9.13 Å². The van der Waals surface area contributed by atoms with E-state index in [-0.39, 0.29) is 18.5 Å². The molecule has 2 atom stereocenters. The fraction of sp³-hybridized carbons (Fsp3) is 0.625. The zero-order chi connectivity index (χ0) is 13.7. The van der Waals surface area contributed by atoms with Crippen molar-refractivity contribution in [1.29, 1.82) is 0 Å². The molecule has 1 aromatic rings. The van der Waals surface area contributed by atoms with E-state index in [1.54, 1.807) is 12.1 Å². The van der Waals surface area contributed by atoms with E-state index in [1.807, 2.05) is 0 Å². The van der Waals surface area contributed by atoms with Gasteiger partial charge < -0.3 is 4.74 Å². The number of rotatable bonds is 6. The predicted octanol–water partition coefficient (Wildman–Crippen LogP) is 5.35. The summed E-state index contributed by atoms with van der Waals surface area (Å²) in [6.45, 7) is 2.51. The van der Waals surface area contributed by atoms with Crippen molar-refractivity contribution in [2.24, 2.45) is 5.92 Å². The van der Waals surface area contributed by atoms with E-state index in [9.17, 15) is 4.39 Å². The molecule has 0 bridgehead atoms. The summed E-state index contributed by atoms with van der Waals surface area (Å²) in [4.78, 5) is 0. The molecule has 19 heavy (non-hydrogen) atoms. The molecule has 0 N–H and O–H groups in total. The summed E-state index contributed by atoms with van der Waals surface area (Å²) in [5.74, 6) is 0.522. The lowest BCUT2D eigenvalue weighted by atomic mass is 10.0. The minimum atomic E-state index is -0.270. The quantitative estimate of drug-likeness (QED) is 0.684. The van der Waals surface area contributed by atoms with E-state index in [0.29, 0.717) is 10.6 Å². The minimum Gasteiger partial charge on any atom is -0.373 e. The van der Waals surface area contributed by atoms with Crippen LogP contribution in [-0.2, 0) is 11.3 Å². The predicted molar refractivity (Wildman–Crippen MR) is 76.9 cm³/mol. The molecule has 2 rings (SSSR count). The molecule has 0 aliphatic heterocycles. The van der Waals surface area contributed by atoms with Crippen molar-refractivity contribution in [3.8, 4) is 0 Å². The maximum absolute atomic E-state index is 13.6. The maximum atomic E-state index is 13.6. The molecule has 1 aliphatic rings. The zero-order valence-corrected chi connectivity index (χ0v) is 12.3. The Morgan fingerprint density at radius 2 is 2.21 bits per heavy atom. The highest BCUT2D eigenvalue weighted by molar-refractivity contribution is 6.31. The highest BCUT2D eigenvalue weighted by atomic mass is 35.5. The van der Waals surface area contributed by atoms with Gasteiger partial charge in [0.1, 0.15) is 5.82 Å². The number of benzene rings is 1. The summed E-state index contributed by atoms with van der Waals surface area (Å²) < 4.78 is 19.4. The second-order valence-electron chi connectivity index (χ2n) is 5.45. The molecule has 1 saturated carbocycles. The van der Waals surface area contributed by atoms with Gasteiger partial charge in [0, 0.05) is 10.6 Å². The van der Waals surface area contributed by atoms with Gasteiger partial charge in [-0.05, 0) is 37.3 Å². The van der Waals surface area contributed by atoms with Crippen molar-refractivity contribution in [3.63, 3.8) is 0 Å². The average molecular weight is 285 g/mol. The van der Waals surface area contributed by atoms with Crippen LogP contribution in [0.3, 0.4) is 0 Å². The largest absolute Gasteiger partial charge is 0.373 e. The molecule has 0 spiro atoms. The average Bonchev–Trinajstić information content (AvgIpc) is 2.84. The normalized spacial score (nSPS) is 22.9. The van der Waals surface area contributed by atoms with Crippen LogP contribution in [0.25, 0.3) is 0 Å². The highest BCUT2D eigenvalue weighted by Gasteiger charge is 2.25. The van der Waals surface area contributed by atoms with Crippen LogP contribution in [0, 0.1) is 11.7 Å². The van der Waals surface area contributed by atoms with E-state index in [4.69, 9.17) is 16.3 Å². The van der Waals surface area contributed by atoms with Gasteiger partial charge in [0.05, 0.1) is 12.7 Å². The number of hydrogen-bond donors (Lipinski definition) is 0. The molecule has 0 unspecified atom stereocenters. The van der Waals surface area contributed by atoms with Gasteiger partial charge in [-0.1, -0.05) is 43.9 Å². The van der Waals surface area contributed by atoms with E-state index in [1.165, 1.54) is 31.7 Å². The third-order valence-electron chi connectivity index (χ3n) is 3.98. The maximum Gasteiger partial charge on any atom is 0.130 e. The van der Waals surface area contributed by atoms with Crippen LogP contribution in [0.1, 0.15) is 51.0 Å². The Morgan fingerprint density at radius 1 is 1.37 bits per heavy atom. The summed E-state index contributed by atoms with van der Waals surface area (Å²) in [6, 6.07) is 4.77. The van der Waals surface area contributed by atoms with Gasteiger partial charge in [-0.25, -0.2) is 4.39 Å². The number of halogens is 2. The zero-order valence-electron chi connectivity index (χ0n) is 11.5. The lowest BCUT2D eigenvalue weighted by Crippen LogP contribution is -2.09. The van der Waals surface area contributed by atoms with E-state index >= 15 is 0 Å². The van der Waals surface area contributed by atoms with Crippen molar-refractivity contribution in [3.05, 3.63) is 34.6 Å². The van der Waals surface area contributed by atoms with Gasteiger partial charge >= 0.3 is 0 Å². The first-order valence-corrected chi connectivity index (χ1v) is 7.63. The van der Waals surface area contributed by atoms with Crippen molar-refractivity contribution in [2.45, 2.75) is 58.2 Å². The van der Waals surface area contributed by atoms with Crippen molar-refractivity contribution in [2.75, 3.05) is 0 Å². The molecular weight excluding hydrogens is 263 g/mol. The molecule has 0 amide bonds. The van der Waals surface area contributed by atoms with Crippen molar-refractivity contribution >= 4 is 11.6 Å². The summed E-state index contributed by atoms with van der Waals surface area (Å²) >= 11 is 5.99. The molecule has 0 saturated heterocycles. The molecule has 106 valence electrons. The Balaban J connectivity index is 1.80. The van der Waals surface area contributed by atoms with Crippen LogP contribution in [0.4, 0.5) is 4.39 Å². The number of ether oxygens (including phenoxy) is 1. The van der Waals surface area contributed by atoms with E-state index < -0.39 is 0 Å². The molecule has 0 aromatic heterocycles. The van der Waals surface area contributed by atoms with Crippen LogP contribution in [-0.4, -0.2) is 6.10 Å². The molecule has 1 fully saturated rings. The minimum absolute atomic E-state index is 0.270. The summed E-state index contributed by atoms with van der Waals surface area (Å²) in [5, 5.41) is 0.459. The third-order valence-corrected chi connectivity index (χ3v) is 4.34. The summed E-state index contributed by atoms with van der Waals surface area (Å²) in [5.41, 5.74) is 0.487. The van der Waals surface area contributed by atoms with Gasteiger partial charge in [0.2, 0.25) is 0 Å². The second-order valence-corrected chi connectivity index (χ2v) is 5.86. The molecule has 1 nitrogen and oxygen atoms in total. The van der Waals surface area contributed by atoms with Gasteiger partial charge in [0.15, 0.2) is 0 Å². The Morgan fingerprint density at radius 3 is 2.95 bits per heavy atom. The molecule has 1 aliphatic carbocycles. The van der Waals surface area contributed by atoms with Gasteiger partial charge in [-0.2, -0.15) is 0 Å². The Kier molecular flexibility index (Phi) is 5.65. The Hall–Kier alpha value is -0.600. The monoisotopic (exact) mass is 284 g/mol. The lowest BCUT2D eigenvalue weighted by molar-refractivity contribution is 0.0411. The fourth-order valence-corrected chi connectivity index (χ4v) is 3.02. The Labute approximate surface area is 120 Å². The van der Waals surface area contributed by atoms with Gasteiger partial charge in [-0.3, -0.25) is 0 Å². The SMILES string of the molecule is CCCC[C@@H]1CC[C@@H](OCc2c(F)cccc2Cl)C1. The van der Waals surface area contributed by atoms with Crippen LogP contribution >= 0.6 is 11.6 Å². The van der Waals surface area contributed by atoms with Crippen LogP contribution < -0.4 is 0 Å². The Bertz CT molecular complexity index is 387. The fourth-order valence-electron chi connectivity index (χ4n) is 2.81. The van der Waals surface area contributed by atoms with Crippen molar-refractivity contribution in [1.82, 2.24) is 0 Å². The van der Waals surface area contributed by atoms with Crippen LogP contribution in [0.5, 0.6) is 0 Å². The number of hydrogen-bond acceptors (Lipinski definition) is 1. The molecule has 3 heteroatoms. The first-order valence-electron chi connectivity index (χ1n) is 7.25. The van der Waals surface area contributed by atoms with E-state index in [0.717, 1.165) is 18.8 Å². The van der Waals surface area contributed by atoms with Crippen LogP contribution in [0.15, 0.2) is 18.2 Å². The lowest BCUT2D eigenvalue weighted by Gasteiger charge is -2.14. The smallest absolute Gasteiger partial charge is 0.130 e. The summed E-state index contributed by atoms with van der Waals surface area (Å²) in [7, 11) is 0. The molecular formula is C16H22ClFO.